The number of allylic oxidation sites excluding steroid dienone is 1. The van der Waals surface area contributed by atoms with E-state index in [-0.39, 0.29) is 5.91 Å². The monoisotopic (exact) mass is 372 g/mol. The van der Waals surface area contributed by atoms with E-state index in [2.05, 4.69) is 26.3 Å². The van der Waals surface area contributed by atoms with Crippen LogP contribution >= 0.6 is 11.6 Å². The van der Waals surface area contributed by atoms with E-state index in [1.54, 1.807) is 12.3 Å². The topological polar surface area (TPSA) is 59.0 Å². The zero-order valence-corrected chi connectivity index (χ0v) is 15.7. The van der Waals surface area contributed by atoms with Crippen molar-refractivity contribution in [1.82, 2.24) is 20.2 Å². The van der Waals surface area contributed by atoms with Crippen LogP contribution in [0.1, 0.15) is 48.9 Å². The van der Waals surface area contributed by atoms with Crippen LogP contribution in [0.15, 0.2) is 30.1 Å². The number of nitrogens with one attached hydrogen (secondary N) is 2. The highest BCUT2D eigenvalue weighted by molar-refractivity contribution is 6.36. The van der Waals surface area contributed by atoms with Gasteiger partial charge in [-0.15, -0.1) is 0 Å². The van der Waals surface area contributed by atoms with Crippen molar-refractivity contribution in [3.05, 3.63) is 40.7 Å². The number of carbonyl (C=O) groups is 1. The van der Waals surface area contributed by atoms with E-state index in [0.717, 1.165) is 43.4 Å². The Hall–Kier alpha value is -1.85. The lowest BCUT2D eigenvalue weighted by molar-refractivity contribution is 0.0958. The molecule has 1 atom stereocenters. The highest BCUT2D eigenvalue weighted by atomic mass is 35.5. The molecule has 1 amide bonds. The summed E-state index contributed by atoms with van der Waals surface area (Å²) in [5.74, 6) is -0.0745. The maximum absolute atomic E-state index is 12.9. The Labute approximate surface area is 158 Å². The molecule has 0 unspecified atom stereocenters. The molecule has 1 saturated heterocycles. The second-order valence-electron chi connectivity index (χ2n) is 7.27. The van der Waals surface area contributed by atoms with Crippen molar-refractivity contribution >= 4 is 28.5 Å². The summed E-state index contributed by atoms with van der Waals surface area (Å²) in [5, 5.41) is 7.90. The summed E-state index contributed by atoms with van der Waals surface area (Å²) in [7, 11) is 0. The summed E-state index contributed by atoms with van der Waals surface area (Å²) >= 11 is 6.42. The molecule has 0 bridgehead atoms. The third kappa shape index (κ3) is 3.64. The van der Waals surface area contributed by atoms with Gasteiger partial charge in [-0.25, -0.2) is 4.98 Å². The Morgan fingerprint density at radius 2 is 2.31 bits per heavy atom. The van der Waals surface area contributed by atoms with E-state index >= 15 is 0 Å². The number of carbonyl (C=O) groups excluding carboxylic acids is 1. The molecular weight excluding hydrogens is 348 g/mol. The van der Waals surface area contributed by atoms with Crippen molar-refractivity contribution in [3.63, 3.8) is 0 Å². The van der Waals surface area contributed by atoms with Crippen molar-refractivity contribution in [2.75, 3.05) is 13.1 Å². The van der Waals surface area contributed by atoms with Crippen LogP contribution in [-0.2, 0) is 6.54 Å². The molecule has 0 spiro atoms. The molecule has 0 aromatic carbocycles. The van der Waals surface area contributed by atoms with Gasteiger partial charge >= 0.3 is 0 Å². The predicted molar refractivity (Wildman–Crippen MR) is 105 cm³/mol. The van der Waals surface area contributed by atoms with Crippen LogP contribution in [-0.4, -0.2) is 34.6 Å². The lowest BCUT2D eigenvalue weighted by atomic mass is 9.99. The van der Waals surface area contributed by atoms with E-state index in [4.69, 9.17) is 11.6 Å². The lowest BCUT2D eigenvalue weighted by Gasteiger charge is -2.13. The molecule has 2 aromatic heterocycles. The van der Waals surface area contributed by atoms with Gasteiger partial charge in [0.25, 0.3) is 5.91 Å². The van der Waals surface area contributed by atoms with Crippen LogP contribution < -0.4 is 10.6 Å². The first-order chi connectivity index (χ1) is 12.7. The quantitative estimate of drug-likeness (QED) is 0.787. The van der Waals surface area contributed by atoms with Gasteiger partial charge in [0.15, 0.2) is 0 Å². The normalized spacial score (nSPS) is 20.3. The van der Waals surface area contributed by atoms with Crippen molar-refractivity contribution in [2.24, 2.45) is 0 Å². The molecule has 26 heavy (non-hydrogen) atoms. The molecule has 3 heterocycles. The van der Waals surface area contributed by atoms with Gasteiger partial charge in [-0.05, 0) is 51.1 Å². The minimum atomic E-state index is -0.0745. The van der Waals surface area contributed by atoms with Crippen molar-refractivity contribution < 1.29 is 4.79 Å². The summed E-state index contributed by atoms with van der Waals surface area (Å²) in [6.45, 7) is 2.48. The Morgan fingerprint density at radius 1 is 1.38 bits per heavy atom. The van der Waals surface area contributed by atoms with E-state index in [1.807, 2.05) is 6.20 Å². The Bertz CT molecular complexity index is 836. The minimum Gasteiger partial charge on any atom is -0.348 e. The smallest absolute Gasteiger partial charge is 0.253 e. The summed E-state index contributed by atoms with van der Waals surface area (Å²) in [6.07, 6.45) is 12.9. The first kappa shape index (κ1) is 17.6. The number of amides is 1. The van der Waals surface area contributed by atoms with E-state index < -0.39 is 0 Å². The van der Waals surface area contributed by atoms with Crippen LogP contribution in [0.2, 0.25) is 5.02 Å². The highest BCUT2D eigenvalue weighted by Crippen LogP contribution is 2.28. The number of rotatable bonds is 5. The number of nitrogens with zero attached hydrogens (tertiary/aromatic N) is 2. The molecule has 2 aromatic rings. The molecule has 5 nitrogen and oxygen atoms in total. The fraction of sp³-hybridized carbons (Fsp3) is 0.500. The summed E-state index contributed by atoms with van der Waals surface area (Å²) in [6, 6.07) is 2.18. The Balaban J connectivity index is 1.58. The summed E-state index contributed by atoms with van der Waals surface area (Å²) in [4.78, 5) is 17.3. The van der Waals surface area contributed by atoms with Crippen LogP contribution in [0, 0.1) is 0 Å². The minimum absolute atomic E-state index is 0.0745. The maximum atomic E-state index is 12.9. The van der Waals surface area contributed by atoms with Gasteiger partial charge < -0.3 is 15.2 Å². The third-order valence-electron chi connectivity index (χ3n) is 5.39. The van der Waals surface area contributed by atoms with E-state index in [1.165, 1.54) is 24.8 Å². The van der Waals surface area contributed by atoms with Crippen LogP contribution in [0.5, 0.6) is 0 Å². The number of fused-ring (bicyclic) bond motifs is 1. The number of halogens is 1. The average Bonchev–Trinajstić information content (AvgIpc) is 3.30. The second kappa shape index (κ2) is 7.80. The molecule has 1 aliphatic carbocycles. The summed E-state index contributed by atoms with van der Waals surface area (Å²) in [5.41, 5.74) is 2.73. The van der Waals surface area contributed by atoms with Gasteiger partial charge in [0.1, 0.15) is 5.65 Å². The number of hydrogen-bond acceptors (Lipinski definition) is 3. The van der Waals surface area contributed by atoms with Gasteiger partial charge in [-0.1, -0.05) is 23.3 Å². The Kier molecular flexibility index (Phi) is 5.27. The molecule has 2 N–H and O–H groups in total. The van der Waals surface area contributed by atoms with E-state index in [0.29, 0.717) is 23.2 Å². The molecule has 4 rings (SSSR count). The molecule has 1 aliphatic heterocycles. The largest absolute Gasteiger partial charge is 0.348 e. The zero-order chi connectivity index (χ0) is 17.9. The van der Waals surface area contributed by atoms with Crippen molar-refractivity contribution in [3.8, 4) is 0 Å². The van der Waals surface area contributed by atoms with Crippen LogP contribution in [0.25, 0.3) is 11.0 Å². The molecule has 6 heteroatoms. The predicted octanol–water partition coefficient (Wildman–Crippen LogP) is 3.67. The molecule has 138 valence electrons. The number of aromatic nitrogens is 2. The first-order valence-electron chi connectivity index (χ1n) is 9.55. The zero-order valence-electron chi connectivity index (χ0n) is 14.9. The molecule has 1 fully saturated rings. The highest BCUT2D eigenvalue weighted by Gasteiger charge is 2.21. The van der Waals surface area contributed by atoms with Gasteiger partial charge in [-0.3, -0.25) is 4.79 Å². The maximum Gasteiger partial charge on any atom is 0.253 e. The van der Waals surface area contributed by atoms with Gasteiger partial charge in [0.05, 0.1) is 16.0 Å². The third-order valence-corrected chi connectivity index (χ3v) is 5.71. The fourth-order valence-corrected chi connectivity index (χ4v) is 4.23. The van der Waals surface area contributed by atoms with Gasteiger partial charge in [0, 0.05) is 31.5 Å². The standard InChI is InChI=1S/C20H25ClN4O/c21-17-8-10-23-19-18(17)16(13-25(19)12-15-7-4-9-22-15)20(26)24-11-14-5-2-1-3-6-14/h5,8,10,13,15,22H,1-4,6-7,9,11-12H2,(H,24,26)/t15-/m0/s1. The fourth-order valence-electron chi connectivity index (χ4n) is 3.99. The second-order valence-corrected chi connectivity index (χ2v) is 7.68. The SMILES string of the molecule is O=C(NCC1=CCCCC1)c1cn(C[C@@H]2CCCN2)c2nccc(Cl)c12. The van der Waals surface area contributed by atoms with Crippen molar-refractivity contribution in [1.29, 1.82) is 0 Å². The lowest BCUT2D eigenvalue weighted by Crippen LogP contribution is -2.27. The molecular formula is C20H25ClN4O. The summed E-state index contributed by atoms with van der Waals surface area (Å²) < 4.78 is 2.07. The van der Waals surface area contributed by atoms with Crippen LogP contribution in [0.4, 0.5) is 0 Å². The average molecular weight is 373 g/mol. The number of hydrogen-bond donors (Lipinski definition) is 2. The molecule has 0 saturated carbocycles. The van der Waals surface area contributed by atoms with Gasteiger partial charge in [-0.2, -0.15) is 0 Å². The van der Waals surface area contributed by atoms with Crippen LogP contribution in [0.3, 0.4) is 0 Å². The van der Waals surface area contributed by atoms with Crippen molar-refractivity contribution in [2.45, 2.75) is 51.1 Å². The molecule has 0 radical (unpaired) electrons. The van der Waals surface area contributed by atoms with Gasteiger partial charge in [0.2, 0.25) is 0 Å². The molecule has 2 aliphatic rings. The van der Waals surface area contributed by atoms with E-state index in [9.17, 15) is 4.79 Å². The number of pyridine rings is 1. The first-order valence-corrected chi connectivity index (χ1v) is 9.93. The Morgan fingerprint density at radius 3 is 3.08 bits per heavy atom.